The largest absolute Gasteiger partial charge is 0.383 e. The summed E-state index contributed by atoms with van der Waals surface area (Å²) in [6, 6.07) is 0. The van der Waals surface area contributed by atoms with E-state index in [2.05, 4.69) is 32.6 Å². The van der Waals surface area contributed by atoms with Crippen molar-refractivity contribution in [2.45, 2.75) is 39.2 Å². The van der Waals surface area contributed by atoms with Crippen molar-refractivity contribution in [3.8, 4) is 0 Å². The van der Waals surface area contributed by atoms with Gasteiger partial charge in [0.1, 0.15) is 4.47 Å². The molecule has 0 radical (unpaired) electrons. The molecule has 0 saturated heterocycles. The van der Waals surface area contributed by atoms with Gasteiger partial charge in [0.15, 0.2) is 0 Å². The Labute approximate surface area is 127 Å². The average molecular weight is 348 g/mol. The van der Waals surface area contributed by atoms with Crippen molar-refractivity contribution >= 4 is 33.4 Å². The van der Waals surface area contributed by atoms with E-state index in [1.54, 1.807) is 6.20 Å². The summed E-state index contributed by atoms with van der Waals surface area (Å²) in [6.45, 7) is 3.38. The lowest BCUT2D eigenvalue weighted by Gasteiger charge is -2.09. The molecular weight excluding hydrogens is 326 g/mol. The van der Waals surface area contributed by atoms with Gasteiger partial charge in [-0.05, 0) is 47.7 Å². The molecule has 0 bridgehead atoms. The molecule has 1 aromatic heterocycles. The van der Waals surface area contributed by atoms with Crippen LogP contribution in [0.5, 0.6) is 0 Å². The first-order chi connectivity index (χ1) is 9.20. The van der Waals surface area contributed by atoms with E-state index < -0.39 is 0 Å². The molecule has 6 heteroatoms. The van der Waals surface area contributed by atoms with Gasteiger partial charge in [0.2, 0.25) is 0 Å². The lowest BCUT2D eigenvalue weighted by Crippen LogP contribution is -2.23. The number of rotatable bonds is 9. The first kappa shape index (κ1) is 16.6. The maximum atomic E-state index is 11.8. The van der Waals surface area contributed by atoms with E-state index in [0.717, 1.165) is 18.7 Å². The van der Waals surface area contributed by atoms with Crippen LogP contribution in [0.25, 0.3) is 0 Å². The molecule has 0 fully saturated rings. The van der Waals surface area contributed by atoms with E-state index in [9.17, 15) is 4.79 Å². The van der Waals surface area contributed by atoms with Crippen molar-refractivity contribution < 1.29 is 0 Å². The van der Waals surface area contributed by atoms with Crippen molar-refractivity contribution in [1.82, 2.24) is 9.78 Å². The summed E-state index contributed by atoms with van der Waals surface area (Å²) >= 11 is 5.24. The van der Waals surface area contributed by atoms with E-state index in [0.29, 0.717) is 11.0 Å². The maximum Gasteiger partial charge on any atom is 0.283 e. The van der Waals surface area contributed by atoms with Gasteiger partial charge in [-0.2, -0.15) is 16.9 Å². The van der Waals surface area contributed by atoms with Crippen molar-refractivity contribution in [2.75, 3.05) is 23.9 Å². The number of unbranched alkanes of at least 4 members (excludes halogenated alkanes) is 3. The second-order valence-corrected chi connectivity index (χ2v) is 6.11. The Morgan fingerprint density at radius 1 is 1.37 bits per heavy atom. The van der Waals surface area contributed by atoms with Gasteiger partial charge in [-0.25, -0.2) is 4.68 Å². The van der Waals surface area contributed by atoms with Crippen LogP contribution in [-0.4, -0.2) is 28.3 Å². The molecule has 1 aromatic rings. The van der Waals surface area contributed by atoms with Gasteiger partial charge in [-0.1, -0.05) is 12.8 Å². The van der Waals surface area contributed by atoms with Gasteiger partial charge in [0.05, 0.1) is 11.9 Å². The predicted molar refractivity (Wildman–Crippen MR) is 87.2 cm³/mol. The van der Waals surface area contributed by atoms with E-state index in [1.165, 1.54) is 29.7 Å². The molecule has 0 aliphatic rings. The van der Waals surface area contributed by atoms with Crippen molar-refractivity contribution in [3.05, 3.63) is 21.0 Å². The Hall–Kier alpha value is -0.490. The second-order valence-electron chi connectivity index (χ2n) is 4.33. The zero-order chi connectivity index (χ0) is 14.1. The number of hydrogen-bond donors (Lipinski definition) is 1. The average Bonchev–Trinajstić information content (AvgIpc) is 2.42. The Morgan fingerprint density at radius 3 is 2.79 bits per heavy atom. The van der Waals surface area contributed by atoms with Gasteiger partial charge < -0.3 is 5.32 Å². The van der Waals surface area contributed by atoms with E-state index in [4.69, 9.17) is 0 Å². The summed E-state index contributed by atoms with van der Waals surface area (Å²) in [5.74, 6) is 1.25. The first-order valence-electron chi connectivity index (χ1n) is 6.69. The highest BCUT2D eigenvalue weighted by Crippen LogP contribution is 2.16. The number of nitrogens with one attached hydrogen (secondary N) is 1. The monoisotopic (exact) mass is 347 g/mol. The molecule has 4 nitrogen and oxygen atoms in total. The smallest absolute Gasteiger partial charge is 0.283 e. The second kappa shape index (κ2) is 9.42. The molecule has 1 heterocycles. The van der Waals surface area contributed by atoms with Gasteiger partial charge in [-0.3, -0.25) is 4.79 Å². The van der Waals surface area contributed by atoms with Crippen LogP contribution in [0.3, 0.4) is 0 Å². The Bertz CT molecular complexity index is 436. The zero-order valence-electron chi connectivity index (χ0n) is 11.6. The minimum Gasteiger partial charge on any atom is -0.383 e. The fourth-order valence-electron chi connectivity index (χ4n) is 1.76. The number of aromatic nitrogens is 2. The van der Waals surface area contributed by atoms with E-state index >= 15 is 0 Å². The van der Waals surface area contributed by atoms with Crippen LogP contribution in [0, 0.1) is 0 Å². The normalized spacial score (nSPS) is 10.7. The lowest BCUT2D eigenvalue weighted by atomic mass is 10.2. The highest BCUT2D eigenvalue weighted by Gasteiger charge is 2.06. The number of nitrogens with zero attached hydrogens (tertiary/aromatic N) is 2. The van der Waals surface area contributed by atoms with Crippen molar-refractivity contribution in [3.63, 3.8) is 0 Å². The Balaban J connectivity index is 2.34. The number of halogens is 1. The zero-order valence-corrected chi connectivity index (χ0v) is 14.0. The molecule has 0 amide bonds. The standard InChI is InChI=1S/C13H22BrN3OS/c1-3-17-13(18)12(14)11(10-16-17)15-8-6-4-5-7-9-19-2/h10,15H,3-9H2,1-2H3. The fraction of sp³-hybridized carbons (Fsp3) is 0.692. The topological polar surface area (TPSA) is 46.9 Å². The molecule has 108 valence electrons. The quantitative estimate of drug-likeness (QED) is 0.695. The van der Waals surface area contributed by atoms with Crippen molar-refractivity contribution in [2.24, 2.45) is 0 Å². The number of hydrogen-bond acceptors (Lipinski definition) is 4. The molecule has 1 rings (SSSR count). The summed E-state index contributed by atoms with van der Waals surface area (Å²) in [7, 11) is 0. The SMILES string of the molecule is CCn1ncc(NCCCCCCSC)c(Br)c1=O. The van der Waals surface area contributed by atoms with Crippen LogP contribution in [0.4, 0.5) is 5.69 Å². The molecule has 0 spiro atoms. The van der Waals surface area contributed by atoms with Crippen LogP contribution in [-0.2, 0) is 6.54 Å². The molecule has 0 aromatic carbocycles. The highest BCUT2D eigenvalue weighted by molar-refractivity contribution is 9.10. The Kier molecular flexibility index (Phi) is 8.21. The van der Waals surface area contributed by atoms with E-state index in [1.807, 2.05) is 18.7 Å². The van der Waals surface area contributed by atoms with Gasteiger partial charge in [-0.15, -0.1) is 0 Å². The summed E-state index contributed by atoms with van der Waals surface area (Å²) in [5, 5.41) is 7.37. The summed E-state index contributed by atoms with van der Waals surface area (Å²) in [5.41, 5.74) is 0.714. The van der Waals surface area contributed by atoms with Gasteiger partial charge in [0.25, 0.3) is 5.56 Å². The molecule has 1 N–H and O–H groups in total. The molecule has 0 aliphatic carbocycles. The van der Waals surface area contributed by atoms with Crippen LogP contribution in [0.1, 0.15) is 32.6 Å². The Morgan fingerprint density at radius 2 is 2.11 bits per heavy atom. The highest BCUT2D eigenvalue weighted by atomic mass is 79.9. The third-order valence-electron chi connectivity index (χ3n) is 2.88. The molecule has 0 aliphatic heterocycles. The number of thioether (sulfide) groups is 1. The lowest BCUT2D eigenvalue weighted by molar-refractivity contribution is 0.612. The fourth-order valence-corrected chi connectivity index (χ4v) is 2.70. The molecule has 0 unspecified atom stereocenters. The molecule has 0 atom stereocenters. The van der Waals surface area contributed by atoms with Crippen LogP contribution in [0.15, 0.2) is 15.5 Å². The molecular formula is C13H22BrN3OS. The van der Waals surface area contributed by atoms with Crippen molar-refractivity contribution in [1.29, 1.82) is 0 Å². The third-order valence-corrected chi connectivity index (χ3v) is 4.34. The maximum absolute atomic E-state index is 11.8. The minimum atomic E-state index is -0.0764. The number of anilines is 1. The van der Waals surface area contributed by atoms with Gasteiger partial charge in [0, 0.05) is 13.1 Å². The van der Waals surface area contributed by atoms with Gasteiger partial charge >= 0.3 is 0 Å². The summed E-state index contributed by atoms with van der Waals surface area (Å²) in [6.07, 6.45) is 8.77. The van der Waals surface area contributed by atoms with E-state index in [-0.39, 0.29) is 5.56 Å². The van der Waals surface area contributed by atoms with Crippen LogP contribution < -0.4 is 10.9 Å². The first-order valence-corrected chi connectivity index (χ1v) is 8.87. The predicted octanol–water partition coefficient (Wildman–Crippen LogP) is 3.36. The molecule has 19 heavy (non-hydrogen) atoms. The van der Waals surface area contributed by atoms with Crippen LogP contribution in [0.2, 0.25) is 0 Å². The summed E-state index contributed by atoms with van der Waals surface area (Å²) in [4.78, 5) is 11.8. The summed E-state index contributed by atoms with van der Waals surface area (Å²) < 4.78 is 2.02. The number of aryl methyl sites for hydroxylation is 1. The third kappa shape index (κ3) is 5.57. The van der Waals surface area contributed by atoms with Crippen LogP contribution >= 0.6 is 27.7 Å². The molecule has 0 saturated carbocycles. The minimum absolute atomic E-state index is 0.0764.